The molecular formula is C18H20N2O4S2. The molecule has 0 aliphatic heterocycles. The van der Waals surface area contributed by atoms with Gasteiger partial charge in [0.1, 0.15) is 0 Å². The van der Waals surface area contributed by atoms with Crippen LogP contribution >= 0.6 is 0 Å². The van der Waals surface area contributed by atoms with Crippen LogP contribution in [-0.4, -0.2) is 26.0 Å². The highest BCUT2D eigenvalue weighted by atomic mass is 32.3. The van der Waals surface area contributed by atoms with Crippen molar-refractivity contribution < 1.29 is 21.6 Å². The average Bonchev–Trinajstić information content (AvgIpc) is 2.44. The van der Waals surface area contributed by atoms with Crippen LogP contribution in [0.5, 0.6) is 0 Å². The van der Waals surface area contributed by atoms with Crippen molar-refractivity contribution in [2.24, 2.45) is 0 Å². The largest absolute Gasteiger partial charge is 0.504 e. The van der Waals surface area contributed by atoms with Crippen LogP contribution in [0.1, 0.15) is 27.8 Å². The van der Waals surface area contributed by atoms with Gasteiger partial charge in [-0.25, -0.2) is 16.8 Å². The highest BCUT2D eigenvalue weighted by Gasteiger charge is 2.46. The maximum Gasteiger partial charge on any atom is 0.504 e. The first-order valence-corrected chi connectivity index (χ1v) is 10.8. The second kappa shape index (κ2) is 6.79. The molecular weight excluding hydrogens is 372 g/mol. The molecule has 0 fully saturated rings. The van der Waals surface area contributed by atoms with Gasteiger partial charge in [0.2, 0.25) is 0 Å². The van der Waals surface area contributed by atoms with Gasteiger partial charge in [-0.2, -0.15) is 0 Å². The van der Waals surface area contributed by atoms with Crippen LogP contribution in [0.4, 0.5) is 0 Å². The van der Waals surface area contributed by atoms with Crippen molar-refractivity contribution in [1.82, 2.24) is 0 Å². The molecule has 2 aromatic carbocycles. The fourth-order valence-corrected chi connectivity index (χ4v) is 7.41. The molecule has 0 spiro atoms. The number of aryl methyl sites for hydroxylation is 5. The molecule has 0 aliphatic carbocycles. The zero-order chi connectivity index (χ0) is 19.9. The maximum absolute atomic E-state index is 13.1. The molecule has 0 N–H and O–H groups in total. The van der Waals surface area contributed by atoms with Gasteiger partial charge in [-0.3, -0.25) is 0 Å². The van der Waals surface area contributed by atoms with Gasteiger partial charge < -0.3 is 5.53 Å². The molecule has 0 heterocycles. The summed E-state index contributed by atoms with van der Waals surface area (Å²) in [5.74, 6) is 0. The smallest absolute Gasteiger partial charge is 0.359 e. The average molecular weight is 393 g/mol. The van der Waals surface area contributed by atoms with E-state index < -0.39 is 24.1 Å². The Morgan fingerprint density at radius 1 is 0.769 bits per heavy atom. The summed E-state index contributed by atoms with van der Waals surface area (Å²) in [6, 6.07) is 8.07. The summed E-state index contributed by atoms with van der Waals surface area (Å²) < 4.78 is 51.0. The monoisotopic (exact) mass is 392 g/mol. The Morgan fingerprint density at radius 2 is 1.15 bits per heavy atom. The first kappa shape index (κ1) is 20.0. The van der Waals surface area contributed by atoms with Gasteiger partial charge in [-0.05, 0) is 56.9 Å². The third kappa shape index (κ3) is 3.23. The van der Waals surface area contributed by atoms with Gasteiger partial charge >= 0.3 is 4.38 Å². The zero-order valence-corrected chi connectivity index (χ0v) is 16.9. The van der Waals surface area contributed by atoms with Crippen LogP contribution in [0.15, 0.2) is 40.1 Å². The van der Waals surface area contributed by atoms with E-state index in [9.17, 15) is 22.4 Å². The van der Waals surface area contributed by atoms with Crippen molar-refractivity contribution in [2.45, 2.75) is 44.4 Å². The molecule has 0 amide bonds. The fraction of sp³-hybridized carbons (Fsp3) is 0.278. The molecule has 8 heteroatoms. The fourth-order valence-electron chi connectivity index (χ4n) is 3.24. The van der Waals surface area contributed by atoms with E-state index in [0.29, 0.717) is 22.3 Å². The molecule has 0 saturated heterocycles. The molecule has 0 aromatic heterocycles. The topological polar surface area (TPSA) is 105 Å². The molecule has 0 radical (unpaired) electrons. The lowest BCUT2D eigenvalue weighted by atomic mass is 10.1. The van der Waals surface area contributed by atoms with Crippen LogP contribution in [0.3, 0.4) is 0 Å². The van der Waals surface area contributed by atoms with Crippen LogP contribution in [0.2, 0.25) is 0 Å². The summed E-state index contributed by atoms with van der Waals surface area (Å²) in [7, 11) is -9.11. The minimum atomic E-state index is -4.56. The Balaban J connectivity index is 2.83. The normalized spacial score (nSPS) is 11.9. The molecule has 26 heavy (non-hydrogen) atoms. The quantitative estimate of drug-likeness (QED) is 0.339. The van der Waals surface area contributed by atoms with E-state index in [-0.39, 0.29) is 9.79 Å². The van der Waals surface area contributed by atoms with Gasteiger partial charge in [-0.15, -0.1) is 4.79 Å². The van der Waals surface area contributed by atoms with Crippen molar-refractivity contribution in [3.05, 3.63) is 63.7 Å². The Morgan fingerprint density at radius 3 is 1.54 bits per heavy atom. The van der Waals surface area contributed by atoms with Crippen LogP contribution in [0, 0.1) is 34.6 Å². The SMILES string of the molecule is Cc1cc(C)c(S(=O)(=O)C(=[N+]=[N-])S(=O)(=O)c2c(C)cccc2C)c(C)c1. The molecule has 138 valence electrons. The molecule has 0 aliphatic rings. The summed E-state index contributed by atoms with van der Waals surface area (Å²) in [5, 5.41) is 0. The minimum absolute atomic E-state index is 0.161. The number of hydrogen-bond acceptors (Lipinski definition) is 4. The highest BCUT2D eigenvalue weighted by Crippen LogP contribution is 2.29. The Hall–Kier alpha value is -2.28. The van der Waals surface area contributed by atoms with Crippen LogP contribution in [-0.2, 0) is 19.7 Å². The lowest BCUT2D eigenvalue weighted by molar-refractivity contribution is 0.00379. The van der Waals surface area contributed by atoms with Crippen LogP contribution in [0.25, 0.3) is 5.53 Å². The van der Waals surface area contributed by atoms with E-state index in [2.05, 4.69) is 4.79 Å². The van der Waals surface area contributed by atoms with Gasteiger partial charge in [-0.1, -0.05) is 35.9 Å². The maximum atomic E-state index is 13.1. The van der Waals surface area contributed by atoms with Gasteiger partial charge in [0, 0.05) is 0 Å². The number of benzene rings is 2. The second-order valence-electron chi connectivity index (χ2n) is 6.32. The van der Waals surface area contributed by atoms with Crippen molar-refractivity contribution in [3.63, 3.8) is 0 Å². The molecule has 6 nitrogen and oxygen atoms in total. The Kier molecular flexibility index (Phi) is 5.24. The van der Waals surface area contributed by atoms with Crippen molar-refractivity contribution in [1.29, 1.82) is 0 Å². The predicted molar refractivity (Wildman–Crippen MR) is 99.6 cm³/mol. The lowest BCUT2D eigenvalue weighted by Gasteiger charge is -2.11. The van der Waals surface area contributed by atoms with Crippen LogP contribution < -0.4 is 0 Å². The first-order valence-electron chi connectivity index (χ1n) is 7.81. The van der Waals surface area contributed by atoms with Crippen molar-refractivity contribution >= 4 is 24.1 Å². The summed E-state index contributed by atoms with van der Waals surface area (Å²) in [6.07, 6.45) is 0. The number of hydrogen-bond donors (Lipinski definition) is 0. The molecule has 0 unspecified atom stereocenters. The highest BCUT2D eigenvalue weighted by molar-refractivity contribution is 8.31. The Bertz CT molecular complexity index is 1110. The van der Waals surface area contributed by atoms with Gasteiger partial charge in [0.25, 0.3) is 19.7 Å². The summed E-state index contributed by atoms with van der Waals surface area (Å²) in [4.78, 5) is 2.38. The van der Waals surface area contributed by atoms with E-state index in [1.54, 1.807) is 58.0 Å². The third-order valence-corrected chi connectivity index (χ3v) is 8.85. The van der Waals surface area contributed by atoms with Crippen molar-refractivity contribution in [3.8, 4) is 0 Å². The Labute approximate surface area is 154 Å². The number of rotatable bonds is 2. The van der Waals surface area contributed by atoms with E-state index in [0.717, 1.165) is 5.56 Å². The van der Waals surface area contributed by atoms with E-state index >= 15 is 0 Å². The molecule has 0 bridgehead atoms. The van der Waals surface area contributed by atoms with E-state index in [4.69, 9.17) is 0 Å². The lowest BCUT2D eigenvalue weighted by Crippen LogP contribution is -2.28. The minimum Gasteiger partial charge on any atom is -0.359 e. The summed E-state index contributed by atoms with van der Waals surface area (Å²) in [5.41, 5.74) is 11.7. The molecule has 2 aromatic rings. The van der Waals surface area contributed by atoms with E-state index in [1.165, 1.54) is 0 Å². The first-order chi connectivity index (χ1) is 11.9. The predicted octanol–water partition coefficient (Wildman–Crippen LogP) is 3.06. The molecule has 0 saturated carbocycles. The van der Waals surface area contributed by atoms with Gasteiger partial charge in [0.15, 0.2) is 0 Å². The van der Waals surface area contributed by atoms with E-state index in [1.807, 2.05) is 6.92 Å². The standard InChI is InChI=1S/C18H20N2O4S2/c1-11-9-14(4)17(15(5)10-11)26(23,24)18(20-19)25(21,22)16-12(2)7-6-8-13(16)3/h6-10H,1-5H3. The second-order valence-corrected chi connectivity index (χ2v) is 10.2. The number of sulfone groups is 2. The number of nitrogens with zero attached hydrogens (tertiary/aromatic N) is 2. The zero-order valence-electron chi connectivity index (χ0n) is 15.2. The molecule has 0 atom stereocenters. The molecule has 2 rings (SSSR count). The van der Waals surface area contributed by atoms with Gasteiger partial charge in [0.05, 0.1) is 9.79 Å². The summed E-state index contributed by atoms with van der Waals surface area (Å²) >= 11 is 0. The van der Waals surface area contributed by atoms with Crippen molar-refractivity contribution in [2.75, 3.05) is 0 Å². The summed E-state index contributed by atoms with van der Waals surface area (Å²) in [6.45, 7) is 8.08. The third-order valence-electron chi connectivity index (χ3n) is 4.09.